The summed E-state index contributed by atoms with van der Waals surface area (Å²) in [5.41, 5.74) is 2.85. The van der Waals surface area contributed by atoms with Crippen molar-refractivity contribution in [2.45, 2.75) is 45.1 Å². The predicted molar refractivity (Wildman–Crippen MR) is 78.6 cm³/mol. The lowest BCUT2D eigenvalue weighted by Gasteiger charge is -2.28. The number of aryl methyl sites for hydroxylation is 1. The first kappa shape index (κ1) is 13.0. The van der Waals surface area contributed by atoms with E-state index in [1.165, 1.54) is 36.8 Å². The van der Waals surface area contributed by atoms with E-state index in [4.69, 9.17) is 4.74 Å². The minimum atomic E-state index is 0.504. The number of nitrogens with one attached hydrogen (secondary N) is 1. The SMILES string of the molecule is CNC(c1ccc2c(c1)CCCO2)C1CCCC1C. The van der Waals surface area contributed by atoms with Gasteiger partial charge in [-0.1, -0.05) is 31.9 Å². The first-order valence-electron chi connectivity index (χ1n) is 7.72. The Hall–Kier alpha value is -1.02. The summed E-state index contributed by atoms with van der Waals surface area (Å²) in [6.45, 7) is 3.28. The Kier molecular flexibility index (Phi) is 3.79. The third-order valence-corrected chi connectivity index (χ3v) is 4.96. The minimum Gasteiger partial charge on any atom is -0.493 e. The van der Waals surface area contributed by atoms with Crippen LogP contribution in [0.2, 0.25) is 0 Å². The molecule has 1 fully saturated rings. The fourth-order valence-electron chi connectivity index (χ4n) is 3.87. The summed E-state index contributed by atoms with van der Waals surface area (Å²) in [4.78, 5) is 0. The van der Waals surface area contributed by atoms with Crippen molar-refractivity contribution in [1.82, 2.24) is 5.32 Å². The normalized spacial score (nSPS) is 27.7. The Morgan fingerprint density at radius 1 is 1.26 bits per heavy atom. The van der Waals surface area contributed by atoms with E-state index < -0.39 is 0 Å². The second kappa shape index (κ2) is 5.54. The molecule has 0 spiro atoms. The standard InChI is InChI=1S/C17H25NO/c1-12-5-3-7-15(12)17(18-2)14-8-9-16-13(11-14)6-4-10-19-16/h8-9,11-12,15,17-18H,3-7,10H2,1-2H3. The highest BCUT2D eigenvalue weighted by atomic mass is 16.5. The third-order valence-electron chi connectivity index (χ3n) is 4.96. The third kappa shape index (κ3) is 2.51. The molecule has 3 atom stereocenters. The lowest BCUT2D eigenvalue weighted by Crippen LogP contribution is -2.27. The number of fused-ring (bicyclic) bond motifs is 1. The summed E-state index contributed by atoms with van der Waals surface area (Å²) >= 11 is 0. The van der Waals surface area contributed by atoms with Gasteiger partial charge in [0, 0.05) is 6.04 Å². The van der Waals surface area contributed by atoms with Crippen LogP contribution in [0, 0.1) is 11.8 Å². The van der Waals surface area contributed by atoms with Crippen LogP contribution in [0.5, 0.6) is 5.75 Å². The zero-order valence-electron chi connectivity index (χ0n) is 12.1. The highest BCUT2D eigenvalue weighted by Gasteiger charge is 2.31. The van der Waals surface area contributed by atoms with E-state index in [0.29, 0.717) is 6.04 Å². The Labute approximate surface area is 116 Å². The number of benzene rings is 1. The highest BCUT2D eigenvalue weighted by molar-refractivity contribution is 5.39. The monoisotopic (exact) mass is 259 g/mol. The minimum absolute atomic E-state index is 0.504. The molecule has 2 nitrogen and oxygen atoms in total. The van der Waals surface area contributed by atoms with Crippen LogP contribution in [-0.2, 0) is 6.42 Å². The molecule has 0 radical (unpaired) electrons. The molecule has 3 rings (SSSR count). The van der Waals surface area contributed by atoms with Gasteiger partial charge >= 0.3 is 0 Å². The second-order valence-corrected chi connectivity index (χ2v) is 6.16. The van der Waals surface area contributed by atoms with Gasteiger partial charge in [0.2, 0.25) is 0 Å². The van der Waals surface area contributed by atoms with Gasteiger partial charge < -0.3 is 10.1 Å². The summed E-state index contributed by atoms with van der Waals surface area (Å²) in [6.07, 6.45) is 6.45. The van der Waals surface area contributed by atoms with Crippen molar-refractivity contribution in [3.05, 3.63) is 29.3 Å². The van der Waals surface area contributed by atoms with Crippen LogP contribution in [-0.4, -0.2) is 13.7 Å². The molecule has 0 bridgehead atoms. The van der Waals surface area contributed by atoms with E-state index in [-0.39, 0.29) is 0 Å². The Balaban J connectivity index is 1.86. The molecule has 1 saturated carbocycles. The van der Waals surface area contributed by atoms with Crippen molar-refractivity contribution in [2.75, 3.05) is 13.7 Å². The van der Waals surface area contributed by atoms with Crippen LogP contribution in [0.15, 0.2) is 18.2 Å². The average Bonchev–Trinajstić information content (AvgIpc) is 2.86. The fraction of sp³-hybridized carbons (Fsp3) is 0.647. The molecule has 1 heterocycles. The molecule has 1 aliphatic heterocycles. The maximum Gasteiger partial charge on any atom is 0.122 e. The molecule has 2 aliphatic rings. The largest absolute Gasteiger partial charge is 0.493 e. The quantitative estimate of drug-likeness (QED) is 0.893. The van der Waals surface area contributed by atoms with Gasteiger partial charge in [0.15, 0.2) is 0 Å². The first-order valence-corrected chi connectivity index (χ1v) is 7.72. The number of hydrogen-bond donors (Lipinski definition) is 1. The molecule has 2 heteroatoms. The van der Waals surface area contributed by atoms with Gasteiger partial charge in [-0.2, -0.15) is 0 Å². The Morgan fingerprint density at radius 2 is 2.16 bits per heavy atom. The van der Waals surface area contributed by atoms with Gasteiger partial charge in [-0.15, -0.1) is 0 Å². The van der Waals surface area contributed by atoms with Gasteiger partial charge in [0.1, 0.15) is 5.75 Å². The molecule has 19 heavy (non-hydrogen) atoms. The van der Waals surface area contributed by atoms with Crippen molar-refractivity contribution in [3.63, 3.8) is 0 Å². The van der Waals surface area contributed by atoms with E-state index in [1.807, 2.05) is 0 Å². The van der Waals surface area contributed by atoms with Crippen molar-refractivity contribution in [3.8, 4) is 5.75 Å². The molecule has 1 aromatic carbocycles. The van der Waals surface area contributed by atoms with Gasteiger partial charge in [0.05, 0.1) is 6.61 Å². The summed E-state index contributed by atoms with van der Waals surface area (Å²) in [5.74, 6) is 2.72. The van der Waals surface area contributed by atoms with Crippen LogP contribution in [0.25, 0.3) is 0 Å². The molecule has 0 aromatic heterocycles. The number of ether oxygens (including phenoxy) is 1. The van der Waals surface area contributed by atoms with Crippen LogP contribution < -0.4 is 10.1 Å². The maximum absolute atomic E-state index is 5.72. The fourth-order valence-corrected chi connectivity index (χ4v) is 3.87. The summed E-state index contributed by atoms with van der Waals surface area (Å²) in [6, 6.07) is 7.31. The van der Waals surface area contributed by atoms with Gasteiger partial charge in [-0.05, 0) is 55.3 Å². The summed E-state index contributed by atoms with van der Waals surface area (Å²) < 4.78 is 5.72. The molecular formula is C17H25NO. The average molecular weight is 259 g/mol. The van der Waals surface area contributed by atoms with E-state index >= 15 is 0 Å². The molecule has 1 aliphatic carbocycles. The topological polar surface area (TPSA) is 21.3 Å². The summed E-state index contributed by atoms with van der Waals surface area (Å²) in [5, 5.41) is 3.56. The van der Waals surface area contributed by atoms with E-state index in [2.05, 4.69) is 37.5 Å². The van der Waals surface area contributed by atoms with Crippen LogP contribution >= 0.6 is 0 Å². The zero-order valence-corrected chi connectivity index (χ0v) is 12.1. The van der Waals surface area contributed by atoms with Crippen LogP contribution in [0.3, 0.4) is 0 Å². The van der Waals surface area contributed by atoms with E-state index in [0.717, 1.165) is 30.6 Å². The zero-order chi connectivity index (χ0) is 13.2. The molecule has 104 valence electrons. The van der Waals surface area contributed by atoms with Crippen molar-refractivity contribution in [1.29, 1.82) is 0 Å². The number of hydrogen-bond acceptors (Lipinski definition) is 2. The van der Waals surface area contributed by atoms with E-state index in [9.17, 15) is 0 Å². The highest BCUT2D eigenvalue weighted by Crippen LogP contribution is 2.41. The van der Waals surface area contributed by atoms with E-state index in [1.54, 1.807) is 0 Å². The number of rotatable bonds is 3. The lowest BCUT2D eigenvalue weighted by molar-refractivity contribution is 0.286. The maximum atomic E-state index is 5.72. The Morgan fingerprint density at radius 3 is 2.89 bits per heavy atom. The van der Waals surface area contributed by atoms with Gasteiger partial charge in [0.25, 0.3) is 0 Å². The summed E-state index contributed by atoms with van der Waals surface area (Å²) in [7, 11) is 2.10. The molecular weight excluding hydrogens is 234 g/mol. The molecule has 3 unspecified atom stereocenters. The second-order valence-electron chi connectivity index (χ2n) is 6.16. The smallest absolute Gasteiger partial charge is 0.122 e. The predicted octanol–water partition coefficient (Wildman–Crippen LogP) is 3.71. The van der Waals surface area contributed by atoms with Crippen molar-refractivity contribution >= 4 is 0 Å². The van der Waals surface area contributed by atoms with Crippen LogP contribution in [0.1, 0.15) is 49.8 Å². The molecule has 1 N–H and O–H groups in total. The van der Waals surface area contributed by atoms with Crippen molar-refractivity contribution < 1.29 is 4.74 Å². The lowest BCUT2D eigenvalue weighted by atomic mass is 9.85. The van der Waals surface area contributed by atoms with Gasteiger partial charge in [-0.25, -0.2) is 0 Å². The van der Waals surface area contributed by atoms with Gasteiger partial charge in [-0.3, -0.25) is 0 Å². The molecule has 0 saturated heterocycles. The van der Waals surface area contributed by atoms with Crippen molar-refractivity contribution in [2.24, 2.45) is 11.8 Å². The molecule has 1 aromatic rings. The first-order chi connectivity index (χ1) is 9.29. The Bertz CT molecular complexity index is 443. The molecule has 0 amide bonds. The van der Waals surface area contributed by atoms with Crippen LogP contribution in [0.4, 0.5) is 0 Å².